The quantitative estimate of drug-likeness (QED) is 0.675. The Bertz CT molecular complexity index is 968. The smallest absolute Gasteiger partial charge is 0.321 e. The molecule has 144 valence electrons. The molecule has 1 aliphatic rings. The summed E-state index contributed by atoms with van der Waals surface area (Å²) < 4.78 is 18.4. The third-order valence-electron chi connectivity index (χ3n) is 4.78. The van der Waals surface area contributed by atoms with Crippen LogP contribution >= 0.6 is 11.6 Å². The maximum Gasteiger partial charge on any atom is 0.321 e. The fourth-order valence-corrected chi connectivity index (χ4v) is 3.44. The Kier molecular flexibility index (Phi) is 5.25. The van der Waals surface area contributed by atoms with Gasteiger partial charge < -0.3 is 14.7 Å². The summed E-state index contributed by atoms with van der Waals surface area (Å²) in [6.07, 6.45) is 1.45. The van der Waals surface area contributed by atoms with Gasteiger partial charge in [-0.05, 0) is 49.2 Å². The number of benzene rings is 2. The van der Waals surface area contributed by atoms with Crippen molar-refractivity contribution in [2.45, 2.75) is 18.8 Å². The van der Waals surface area contributed by atoms with Crippen LogP contribution in [0.5, 0.6) is 0 Å². The van der Waals surface area contributed by atoms with Crippen molar-refractivity contribution in [1.82, 2.24) is 15.0 Å². The monoisotopic (exact) mass is 400 g/mol. The third kappa shape index (κ3) is 3.99. The predicted octanol–water partition coefficient (Wildman–Crippen LogP) is 4.94. The van der Waals surface area contributed by atoms with Gasteiger partial charge in [-0.3, -0.25) is 0 Å². The molecule has 1 N–H and O–H groups in total. The van der Waals surface area contributed by atoms with Gasteiger partial charge in [0.25, 0.3) is 0 Å². The highest BCUT2D eigenvalue weighted by molar-refractivity contribution is 6.33. The van der Waals surface area contributed by atoms with Crippen molar-refractivity contribution in [3.05, 3.63) is 65.3 Å². The van der Waals surface area contributed by atoms with Crippen molar-refractivity contribution in [3.63, 3.8) is 0 Å². The summed E-state index contributed by atoms with van der Waals surface area (Å²) in [4.78, 5) is 18.6. The van der Waals surface area contributed by atoms with Gasteiger partial charge in [-0.25, -0.2) is 9.18 Å². The van der Waals surface area contributed by atoms with E-state index in [1.165, 1.54) is 24.3 Å². The minimum absolute atomic E-state index is 0.0959. The lowest BCUT2D eigenvalue weighted by atomic mass is 9.97. The molecular formula is C20H18ClFN4O2. The number of nitrogens with zero attached hydrogens (tertiary/aromatic N) is 3. The molecule has 0 atom stereocenters. The zero-order valence-electron chi connectivity index (χ0n) is 14.9. The van der Waals surface area contributed by atoms with Gasteiger partial charge in [-0.15, -0.1) is 0 Å². The number of hydrogen-bond donors (Lipinski definition) is 1. The number of halogens is 2. The predicted molar refractivity (Wildman–Crippen MR) is 104 cm³/mol. The molecular weight excluding hydrogens is 383 g/mol. The number of likely N-dealkylation sites (tertiary alicyclic amines) is 1. The first kappa shape index (κ1) is 18.4. The molecule has 8 heteroatoms. The van der Waals surface area contributed by atoms with Gasteiger partial charge in [0.15, 0.2) is 0 Å². The zero-order valence-corrected chi connectivity index (χ0v) is 15.7. The summed E-state index contributed by atoms with van der Waals surface area (Å²) in [5, 5.41) is 7.40. The van der Waals surface area contributed by atoms with Crippen molar-refractivity contribution in [3.8, 4) is 11.4 Å². The Balaban J connectivity index is 1.36. The molecule has 28 heavy (non-hydrogen) atoms. The summed E-state index contributed by atoms with van der Waals surface area (Å²) in [6.45, 7) is 1.14. The van der Waals surface area contributed by atoms with Crippen LogP contribution in [0.25, 0.3) is 11.4 Å². The number of anilines is 1. The van der Waals surface area contributed by atoms with Gasteiger partial charge in [-0.1, -0.05) is 28.9 Å². The number of amides is 2. The lowest BCUT2D eigenvalue weighted by Crippen LogP contribution is -2.40. The molecule has 0 bridgehead atoms. The number of nitrogens with one attached hydrogen (secondary N) is 1. The van der Waals surface area contributed by atoms with Crippen LogP contribution in [0.2, 0.25) is 5.02 Å². The highest BCUT2D eigenvalue weighted by Gasteiger charge is 2.28. The molecule has 0 radical (unpaired) electrons. The van der Waals surface area contributed by atoms with Crippen LogP contribution in [0.1, 0.15) is 24.7 Å². The summed E-state index contributed by atoms with van der Waals surface area (Å²) in [5.41, 5.74) is 1.30. The summed E-state index contributed by atoms with van der Waals surface area (Å²) in [6, 6.07) is 12.8. The molecule has 0 unspecified atom stereocenters. The van der Waals surface area contributed by atoms with E-state index in [0.29, 0.717) is 35.5 Å². The van der Waals surface area contributed by atoms with Crippen LogP contribution in [0.15, 0.2) is 53.1 Å². The van der Waals surface area contributed by atoms with Crippen molar-refractivity contribution >= 4 is 23.3 Å². The lowest BCUT2D eigenvalue weighted by Gasteiger charge is -2.30. The van der Waals surface area contributed by atoms with E-state index in [-0.39, 0.29) is 17.8 Å². The van der Waals surface area contributed by atoms with Crippen molar-refractivity contribution in [2.24, 2.45) is 0 Å². The first-order valence-electron chi connectivity index (χ1n) is 9.00. The van der Waals surface area contributed by atoms with Gasteiger partial charge in [-0.2, -0.15) is 4.98 Å². The van der Waals surface area contributed by atoms with E-state index in [9.17, 15) is 9.18 Å². The Morgan fingerprint density at radius 3 is 2.57 bits per heavy atom. The largest absolute Gasteiger partial charge is 0.339 e. The average molecular weight is 401 g/mol. The van der Waals surface area contributed by atoms with Crippen LogP contribution < -0.4 is 5.32 Å². The van der Waals surface area contributed by atoms with E-state index >= 15 is 0 Å². The number of carbonyl (C=O) groups excluding carboxylic acids is 1. The second-order valence-corrected chi connectivity index (χ2v) is 7.04. The standard InChI is InChI=1S/C20H18ClFN4O2/c21-17-4-2-1-3-16(17)18-24-19(28-25-18)13-9-11-26(12-10-13)20(27)23-15-7-5-14(22)6-8-15/h1-8,13H,9-12H2,(H,23,27). The molecule has 0 saturated carbocycles. The van der Waals surface area contributed by atoms with E-state index in [1.54, 1.807) is 11.0 Å². The highest BCUT2D eigenvalue weighted by Crippen LogP contribution is 2.30. The molecule has 2 heterocycles. The first-order valence-corrected chi connectivity index (χ1v) is 9.38. The van der Waals surface area contributed by atoms with Crippen LogP contribution in [0, 0.1) is 5.82 Å². The maximum absolute atomic E-state index is 13.0. The van der Waals surface area contributed by atoms with Crippen LogP contribution in [-0.2, 0) is 0 Å². The maximum atomic E-state index is 13.0. The second kappa shape index (κ2) is 7.98. The number of aromatic nitrogens is 2. The molecule has 1 aromatic heterocycles. The van der Waals surface area contributed by atoms with Crippen LogP contribution in [0.3, 0.4) is 0 Å². The molecule has 2 amide bonds. The summed E-state index contributed by atoms with van der Waals surface area (Å²) in [7, 11) is 0. The number of rotatable bonds is 3. The van der Waals surface area contributed by atoms with E-state index in [1.807, 2.05) is 18.2 Å². The highest BCUT2D eigenvalue weighted by atomic mass is 35.5. The Labute approximate surface area is 166 Å². The minimum Gasteiger partial charge on any atom is -0.339 e. The number of carbonyl (C=O) groups is 1. The molecule has 3 aromatic rings. The Morgan fingerprint density at radius 1 is 1.14 bits per heavy atom. The Hall–Kier alpha value is -2.93. The van der Waals surface area contributed by atoms with Gasteiger partial charge in [0.05, 0.1) is 5.02 Å². The lowest BCUT2D eigenvalue weighted by molar-refractivity contribution is 0.187. The number of urea groups is 1. The number of hydrogen-bond acceptors (Lipinski definition) is 4. The van der Waals surface area contributed by atoms with Gasteiger partial charge in [0, 0.05) is 30.3 Å². The average Bonchev–Trinajstić information content (AvgIpc) is 3.20. The van der Waals surface area contributed by atoms with E-state index in [0.717, 1.165) is 18.4 Å². The Morgan fingerprint density at radius 2 is 1.86 bits per heavy atom. The molecule has 1 fully saturated rings. The molecule has 0 spiro atoms. The van der Waals surface area contributed by atoms with E-state index in [2.05, 4.69) is 15.5 Å². The minimum atomic E-state index is -0.338. The van der Waals surface area contributed by atoms with E-state index in [4.69, 9.17) is 16.1 Å². The van der Waals surface area contributed by atoms with Gasteiger partial charge >= 0.3 is 6.03 Å². The fourth-order valence-electron chi connectivity index (χ4n) is 3.22. The molecule has 0 aliphatic carbocycles. The fraction of sp³-hybridized carbons (Fsp3) is 0.250. The molecule has 1 aliphatic heterocycles. The normalized spacial score (nSPS) is 14.9. The van der Waals surface area contributed by atoms with E-state index < -0.39 is 0 Å². The number of piperidine rings is 1. The molecule has 2 aromatic carbocycles. The molecule has 4 rings (SSSR count). The van der Waals surface area contributed by atoms with Crippen molar-refractivity contribution in [2.75, 3.05) is 18.4 Å². The SMILES string of the molecule is O=C(Nc1ccc(F)cc1)N1CCC(c2nc(-c3ccccc3Cl)no2)CC1. The molecule has 6 nitrogen and oxygen atoms in total. The van der Waals surface area contributed by atoms with Crippen molar-refractivity contribution < 1.29 is 13.7 Å². The van der Waals surface area contributed by atoms with Crippen molar-refractivity contribution in [1.29, 1.82) is 0 Å². The molecule has 1 saturated heterocycles. The second-order valence-electron chi connectivity index (χ2n) is 6.63. The zero-order chi connectivity index (χ0) is 19.5. The topological polar surface area (TPSA) is 71.3 Å². The van der Waals surface area contributed by atoms with Crippen LogP contribution in [0.4, 0.5) is 14.9 Å². The van der Waals surface area contributed by atoms with Crippen LogP contribution in [-0.4, -0.2) is 34.2 Å². The first-order chi connectivity index (χ1) is 13.6. The summed E-state index contributed by atoms with van der Waals surface area (Å²) in [5.74, 6) is 0.790. The van der Waals surface area contributed by atoms with Gasteiger partial charge in [0.2, 0.25) is 11.7 Å². The third-order valence-corrected chi connectivity index (χ3v) is 5.11. The van der Waals surface area contributed by atoms with Gasteiger partial charge in [0.1, 0.15) is 5.82 Å². The summed E-state index contributed by atoms with van der Waals surface area (Å²) >= 11 is 6.19.